The molecule has 0 spiro atoms. The average molecular weight is 252 g/mol. The molecule has 1 fully saturated rings. The largest absolute Gasteiger partial charge is 0.360 e. The number of hydrogen-bond acceptors (Lipinski definition) is 4. The van der Waals surface area contributed by atoms with E-state index in [4.69, 9.17) is 0 Å². The van der Waals surface area contributed by atoms with Gasteiger partial charge in [-0.15, -0.1) is 5.10 Å². The third-order valence-electron chi connectivity index (χ3n) is 3.45. The summed E-state index contributed by atoms with van der Waals surface area (Å²) in [4.78, 5) is 10.5. The molecule has 18 heavy (non-hydrogen) atoms. The summed E-state index contributed by atoms with van der Waals surface area (Å²) < 4.78 is 1.49. The third kappa shape index (κ3) is 3.21. The summed E-state index contributed by atoms with van der Waals surface area (Å²) in [7, 11) is 1.70. The summed E-state index contributed by atoms with van der Waals surface area (Å²) in [5, 5.41) is 18.3. The fraction of sp³-hybridized carbons (Fsp3) is 0.750. The van der Waals surface area contributed by atoms with Gasteiger partial charge in [0.15, 0.2) is 0 Å². The zero-order valence-electron chi connectivity index (χ0n) is 10.8. The van der Waals surface area contributed by atoms with E-state index in [-0.39, 0.29) is 10.6 Å². The lowest BCUT2D eigenvalue weighted by molar-refractivity contribution is -0.384. The Balaban J connectivity index is 2.04. The van der Waals surface area contributed by atoms with Gasteiger partial charge in [0.05, 0.1) is 4.92 Å². The molecule has 100 valence electrons. The van der Waals surface area contributed by atoms with Gasteiger partial charge >= 0.3 is 5.69 Å². The van der Waals surface area contributed by atoms with E-state index in [1.807, 2.05) is 0 Å². The van der Waals surface area contributed by atoms with Gasteiger partial charge < -0.3 is 5.32 Å². The molecule has 0 unspecified atom stereocenters. The molecule has 1 aliphatic rings. The number of aromatic nitrogens is 2. The predicted octanol–water partition coefficient (Wildman–Crippen LogP) is 2.85. The summed E-state index contributed by atoms with van der Waals surface area (Å²) >= 11 is 0. The number of nitrogens with zero attached hydrogens (tertiary/aromatic N) is 3. The smallest absolute Gasteiger partial charge is 0.330 e. The molecule has 1 heterocycles. The molecule has 0 radical (unpaired) electrons. The molecule has 0 aromatic carbocycles. The lowest BCUT2D eigenvalue weighted by Gasteiger charge is -2.20. The predicted molar refractivity (Wildman–Crippen MR) is 69.6 cm³/mol. The van der Waals surface area contributed by atoms with E-state index in [1.54, 1.807) is 7.05 Å². The van der Waals surface area contributed by atoms with Gasteiger partial charge in [0.1, 0.15) is 6.20 Å². The van der Waals surface area contributed by atoms with E-state index in [9.17, 15) is 10.1 Å². The Morgan fingerprint density at radius 3 is 2.56 bits per heavy atom. The van der Waals surface area contributed by atoms with Crippen molar-refractivity contribution in [2.24, 2.45) is 7.05 Å². The minimum atomic E-state index is -0.377. The van der Waals surface area contributed by atoms with Crippen molar-refractivity contribution in [1.82, 2.24) is 9.78 Å². The molecule has 1 aliphatic carbocycles. The van der Waals surface area contributed by atoms with Crippen LogP contribution in [0.2, 0.25) is 0 Å². The molecular formula is C12H20N4O2. The highest BCUT2D eigenvalue weighted by Gasteiger charge is 2.21. The minimum Gasteiger partial charge on any atom is -0.360 e. The Morgan fingerprint density at radius 1 is 1.33 bits per heavy atom. The summed E-state index contributed by atoms with van der Waals surface area (Å²) in [6.07, 6.45) is 9.84. The molecule has 1 aromatic rings. The van der Waals surface area contributed by atoms with Gasteiger partial charge in [0, 0.05) is 13.1 Å². The van der Waals surface area contributed by atoms with Crippen LogP contribution in [0.25, 0.3) is 0 Å². The van der Waals surface area contributed by atoms with Crippen LogP contribution in [0.5, 0.6) is 0 Å². The lowest BCUT2D eigenvalue weighted by atomic mass is 9.97. The average Bonchev–Trinajstić information content (AvgIpc) is 2.63. The van der Waals surface area contributed by atoms with E-state index >= 15 is 0 Å². The number of nitro groups is 1. The van der Waals surface area contributed by atoms with Gasteiger partial charge in [-0.1, -0.05) is 32.1 Å². The summed E-state index contributed by atoms with van der Waals surface area (Å²) in [5.41, 5.74) is 0.0690. The maximum absolute atomic E-state index is 10.9. The first kappa shape index (κ1) is 12.9. The number of rotatable bonds is 3. The van der Waals surface area contributed by atoms with Gasteiger partial charge in [-0.25, -0.2) is 0 Å². The molecule has 1 saturated carbocycles. The highest BCUT2D eigenvalue weighted by molar-refractivity contribution is 5.55. The zero-order chi connectivity index (χ0) is 13.0. The molecule has 6 heteroatoms. The highest BCUT2D eigenvalue weighted by atomic mass is 16.6. The molecular weight excluding hydrogens is 232 g/mol. The summed E-state index contributed by atoms with van der Waals surface area (Å²) in [5.74, 6) is 0.410. The fourth-order valence-electron chi connectivity index (χ4n) is 2.51. The Bertz CT molecular complexity index is 408. The number of hydrogen-bond donors (Lipinski definition) is 1. The normalized spacial score (nSPS) is 18.1. The number of nitrogens with one attached hydrogen (secondary N) is 1. The minimum absolute atomic E-state index is 0.0690. The van der Waals surface area contributed by atoms with Crippen LogP contribution < -0.4 is 5.32 Å². The van der Waals surface area contributed by atoms with Crippen LogP contribution in [0, 0.1) is 10.1 Å². The van der Waals surface area contributed by atoms with Gasteiger partial charge in [0.25, 0.3) is 0 Å². The molecule has 6 nitrogen and oxygen atoms in total. The van der Waals surface area contributed by atoms with Gasteiger partial charge in [-0.3, -0.25) is 14.8 Å². The quantitative estimate of drug-likeness (QED) is 0.663. The first-order chi connectivity index (χ1) is 8.66. The second kappa shape index (κ2) is 5.84. The number of aryl methyl sites for hydroxylation is 1. The van der Waals surface area contributed by atoms with Crippen LogP contribution in [0.15, 0.2) is 6.20 Å². The first-order valence-electron chi connectivity index (χ1n) is 6.61. The highest BCUT2D eigenvalue weighted by Crippen LogP contribution is 2.25. The molecule has 0 aliphatic heterocycles. The molecule has 2 rings (SSSR count). The van der Waals surface area contributed by atoms with Crippen LogP contribution in [0.4, 0.5) is 11.5 Å². The molecule has 0 atom stereocenters. The lowest BCUT2D eigenvalue weighted by Crippen LogP contribution is -2.21. The third-order valence-corrected chi connectivity index (χ3v) is 3.45. The van der Waals surface area contributed by atoms with Crippen LogP contribution in [0.1, 0.15) is 44.9 Å². The van der Waals surface area contributed by atoms with Crippen molar-refractivity contribution in [3.05, 3.63) is 16.3 Å². The van der Waals surface area contributed by atoms with E-state index in [0.29, 0.717) is 11.9 Å². The van der Waals surface area contributed by atoms with Gasteiger partial charge in [-0.2, -0.15) is 0 Å². The Hall–Kier alpha value is -1.59. The SMILES string of the molecule is Cn1cc([N+](=O)[O-])c(NC2CCCCCCC2)n1. The molecule has 0 amide bonds. The fourth-order valence-corrected chi connectivity index (χ4v) is 2.51. The molecule has 0 saturated heterocycles. The van der Waals surface area contributed by atoms with Crippen molar-refractivity contribution in [3.8, 4) is 0 Å². The van der Waals surface area contributed by atoms with Crippen LogP contribution in [0.3, 0.4) is 0 Å². The van der Waals surface area contributed by atoms with Crippen molar-refractivity contribution >= 4 is 11.5 Å². The molecule has 1 N–H and O–H groups in total. The van der Waals surface area contributed by atoms with Crippen LogP contribution >= 0.6 is 0 Å². The zero-order valence-corrected chi connectivity index (χ0v) is 10.8. The van der Waals surface area contributed by atoms with E-state index < -0.39 is 0 Å². The van der Waals surface area contributed by atoms with Crippen molar-refractivity contribution in [2.45, 2.75) is 51.0 Å². The molecule has 0 bridgehead atoms. The van der Waals surface area contributed by atoms with E-state index in [0.717, 1.165) is 12.8 Å². The first-order valence-corrected chi connectivity index (χ1v) is 6.61. The maximum Gasteiger partial charge on any atom is 0.330 e. The second-order valence-electron chi connectivity index (χ2n) is 4.98. The van der Waals surface area contributed by atoms with Gasteiger partial charge in [-0.05, 0) is 12.8 Å². The van der Waals surface area contributed by atoms with Crippen molar-refractivity contribution in [1.29, 1.82) is 0 Å². The topological polar surface area (TPSA) is 73.0 Å². The van der Waals surface area contributed by atoms with E-state index in [1.165, 1.54) is 43.0 Å². The van der Waals surface area contributed by atoms with Crippen LogP contribution in [-0.2, 0) is 7.05 Å². The van der Waals surface area contributed by atoms with Crippen molar-refractivity contribution in [3.63, 3.8) is 0 Å². The second-order valence-corrected chi connectivity index (χ2v) is 4.98. The standard InChI is InChI=1S/C12H20N4O2/c1-15-9-11(16(17)18)12(14-15)13-10-7-5-3-2-4-6-8-10/h9-10H,2-8H2,1H3,(H,13,14). The monoisotopic (exact) mass is 252 g/mol. The van der Waals surface area contributed by atoms with Crippen LogP contribution in [-0.4, -0.2) is 20.7 Å². The van der Waals surface area contributed by atoms with Crippen molar-refractivity contribution in [2.75, 3.05) is 5.32 Å². The molecule has 1 aromatic heterocycles. The summed E-state index contributed by atoms with van der Waals surface area (Å²) in [6, 6.07) is 0.318. The van der Waals surface area contributed by atoms with Gasteiger partial charge in [0.2, 0.25) is 5.82 Å². The van der Waals surface area contributed by atoms with Crippen molar-refractivity contribution < 1.29 is 4.92 Å². The summed E-state index contributed by atoms with van der Waals surface area (Å²) in [6.45, 7) is 0. The maximum atomic E-state index is 10.9. The number of anilines is 1. The Kier molecular flexibility index (Phi) is 4.17. The Morgan fingerprint density at radius 2 is 1.94 bits per heavy atom. The Labute approximate surface area is 107 Å². The van der Waals surface area contributed by atoms with E-state index in [2.05, 4.69) is 10.4 Å².